The number of nitrogens with zero attached hydrogens (tertiary/aromatic N) is 2. The first-order valence-electron chi connectivity index (χ1n) is 8.46. The van der Waals surface area contributed by atoms with Gasteiger partial charge in [-0.3, -0.25) is 9.59 Å². The van der Waals surface area contributed by atoms with Crippen LogP contribution in [-0.2, 0) is 16.1 Å². The van der Waals surface area contributed by atoms with Gasteiger partial charge in [-0.25, -0.2) is 0 Å². The molecule has 0 radical (unpaired) electrons. The number of carbonyl (C=O) groups excluding carboxylic acids is 2. The molecule has 0 bridgehead atoms. The molecular weight excluding hydrogens is 292 g/mol. The van der Waals surface area contributed by atoms with Gasteiger partial charge in [0.25, 0.3) is 0 Å². The molecule has 2 aliphatic heterocycles. The van der Waals surface area contributed by atoms with E-state index in [2.05, 4.69) is 0 Å². The lowest BCUT2D eigenvalue weighted by Gasteiger charge is -2.32. The van der Waals surface area contributed by atoms with Crippen molar-refractivity contribution in [1.29, 1.82) is 0 Å². The average Bonchev–Trinajstić information content (AvgIpc) is 2.56. The summed E-state index contributed by atoms with van der Waals surface area (Å²) in [6.45, 7) is 2.41. The van der Waals surface area contributed by atoms with E-state index in [1.807, 2.05) is 29.2 Å². The minimum Gasteiger partial charge on any atom is -0.387 e. The normalized spacial score (nSPS) is 21.3. The van der Waals surface area contributed by atoms with Gasteiger partial charge >= 0.3 is 0 Å². The van der Waals surface area contributed by atoms with Crippen LogP contribution in [0.3, 0.4) is 0 Å². The third-order valence-corrected chi connectivity index (χ3v) is 4.76. The van der Waals surface area contributed by atoms with Gasteiger partial charge in [-0.1, -0.05) is 24.3 Å². The summed E-state index contributed by atoms with van der Waals surface area (Å²) >= 11 is 0. The molecule has 1 unspecified atom stereocenters. The number of hydrogen-bond acceptors (Lipinski definition) is 3. The average molecular weight is 316 g/mol. The summed E-state index contributed by atoms with van der Waals surface area (Å²) in [5.74, 6) is 0.272. The largest absolute Gasteiger partial charge is 0.387 e. The number of piperidine rings is 1. The van der Waals surface area contributed by atoms with Crippen molar-refractivity contribution in [3.05, 3.63) is 35.4 Å². The molecule has 1 N–H and O–H groups in total. The van der Waals surface area contributed by atoms with E-state index in [9.17, 15) is 14.7 Å². The van der Waals surface area contributed by atoms with Gasteiger partial charge in [-0.15, -0.1) is 0 Å². The van der Waals surface area contributed by atoms with Crippen molar-refractivity contribution in [2.24, 2.45) is 0 Å². The molecule has 23 heavy (non-hydrogen) atoms. The van der Waals surface area contributed by atoms with Gasteiger partial charge in [-0.05, 0) is 30.4 Å². The Kier molecular flexibility index (Phi) is 4.96. The maximum Gasteiger partial charge on any atom is 0.223 e. The molecule has 0 aliphatic carbocycles. The topological polar surface area (TPSA) is 60.9 Å². The molecule has 1 saturated heterocycles. The van der Waals surface area contributed by atoms with Crippen LogP contribution in [-0.4, -0.2) is 46.4 Å². The lowest BCUT2D eigenvalue weighted by atomic mass is 9.97. The second-order valence-corrected chi connectivity index (χ2v) is 6.43. The van der Waals surface area contributed by atoms with Crippen LogP contribution < -0.4 is 0 Å². The first-order chi connectivity index (χ1) is 11.1. The van der Waals surface area contributed by atoms with E-state index in [1.54, 1.807) is 4.90 Å². The number of hydrogen-bond donors (Lipinski definition) is 1. The number of rotatable bonds is 4. The number of fused-ring (bicyclic) bond motifs is 1. The van der Waals surface area contributed by atoms with Crippen molar-refractivity contribution in [3.8, 4) is 0 Å². The van der Waals surface area contributed by atoms with Gasteiger partial charge < -0.3 is 14.9 Å². The molecule has 0 spiro atoms. The van der Waals surface area contributed by atoms with Crippen molar-refractivity contribution >= 4 is 11.8 Å². The maximum atomic E-state index is 12.4. The smallest absolute Gasteiger partial charge is 0.223 e. The van der Waals surface area contributed by atoms with Crippen LogP contribution in [0, 0.1) is 0 Å². The zero-order valence-corrected chi connectivity index (χ0v) is 13.4. The van der Waals surface area contributed by atoms with Crippen LogP contribution >= 0.6 is 0 Å². The third kappa shape index (κ3) is 3.72. The van der Waals surface area contributed by atoms with Gasteiger partial charge in [0.15, 0.2) is 0 Å². The zero-order valence-electron chi connectivity index (χ0n) is 13.4. The van der Waals surface area contributed by atoms with E-state index in [-0.39, 0.29) is 11.8 Å². The van der Waals surface area contributed by atoms with Gasteiger partial charge in [0, 0.05) is 32.5 Å². The molecule has 0 aromatic heterocycles. The number of β-amino-alcohol motifs (C(OH)–C–C–N with tert-alkyl or cyclic N) is 1. The number of aliphatic hydroxyl groups excluding tert-OH is 1. The Bertz CT molecular complexity index is 587. The zero-order chi connectivity index (χ0) is 16.2. The standard InChI is InChI=1S/C18H24N2O3/c21-16-13-20(12-14-6-1-2-7-15(14)16)18(23)9-5-11-19-10-4-3-8-17(19)22/h1-2,6-7,16,21H,3-5,8-13H2. The van der Waals surface area contributed by atoms with E-state index >= 15 is 0 Å². The predicted molar refractivity (Wildman–Crippen MR) is 86.5 cm³/mol. The summed E-state index contributed by atoms with van der Waals surface area (Å²) in [5.41, 5.74) is 1.95. The quantitative estimate of drug-likeness (QED) is 0.922. The molecule has 1 aromatic carbocycles. The van der Waals surface area contributed by atoms with E-state index in [0.717, 1.165) is 30.5 Å². The van der Waals surface area contributed by atoms with Gasteiger partial charge in [-0.2, -0.15) is 0 Å². The predicted octanol–water partition coefficient (Wildman–Crippen LogP) is 1.85. The molecule has 2 amide bonds. The fraction of sp³-hybridized carbons (Fsp3) is 0.556. The molecule has 5 nitrogen and oxygen atoms in total. The number of amides is 2. The first kappa shape index (κ1) is 16.0. The highest BCUT2D eigenvalue weighted by Gasteiger charge is 2.26. The monoisotopic (exact) mass is 316 g/mol. The van der Waals surface area contributed by atoms with Gasteiger partial charge in [0.2, 0.25) is 11.8 Å². The SMILES string of the molecule is O=C1CCCCN1CCCC(=O)N1Cc2ccccc2C(O)C1. The molecule has 124 valence electrons. The molecule has 1 aromatic rings. The molecular formula is C18H24N2O3. The Morgan fingerprint density at radius 2 is 2.09 bits per heavy atom. The summed E-state index contributed by atoms with van der Waals surface area (Å²) in [6, 6.07) is 7.73. The van der Waals surface area contributed by atoms with Crippen molar-refractivity contribution in [2.45, 2.75) is 44.8 Å². The second-order valence-electron chi connectivity index (χ2n) is 6.43. The summed E-state index contributed by atoms with van der Waals surface area (Å²) in [5, 5.41) is 10.2. The molecule has 0 saturated carbocycles. The minimum absolute atomic E-state index is 0.0583. The molecule has 3 rings (SSSR count). The fourth-order valence-corrected chi connectivity index (χ4v) is 3.45. The summed E-state index contributed by atoms with van der Waals surface area (Å²) in [7, 11) is 0. The number of carbonyl (C=O) groups is 2. The van der Waals surface area contributed by atoms with E-state index in [1.165, 1.54) is 0 Å². The summed E-state index contributed by atoms with van der Waals surface area (Å²) < 4.78 is 0. The highest BCUT2D eigenvalue weighted by molar-refractivity contribution is 5.78. The van der Waals surface area contributed by atoms with Crippen LogP contribution in [0.25, 0.3) is 0 Å². The van der Waals surface area contributed by atoms with Crippen LogP contribution in [0.2, 0.25) is 0 Å². The lowest BCUT2D eigenvalue weighted by Crippen LogP contribution is -2.39. The Hall–Kier alpha value is -1.88. The third-order valence-electron chi connectivity index (χ3n) is 4.76. The number of likely N-dealkylation sites (tertiary alicyclic amines) is 1. The van der Waals surface area contributed by atoms with Gasteiger partial charge in [0.05, 0.1) is 12.6 Å². The van der Waals surface area contributed by atoms with Crippen molar-refractivity contribution < 1.29 is 14.7 Å². The van der Waals surface area contributed by atoms with E-state index < -0.39 is 6.10 Å². The first-order valence-corrected chi connectivity index (χ1v) is 8.46. The highest BCUT2D eigenvalue weighted by Crippen LogP contribution is 2.26. The Morgan fingerprint density at radius 3 is 2.91 bits per heavy atom. The molecule has 2 aliphatic rings. The Labute approximate surface area is 136 Å². The van der Waals surface area contributed by atoms with Crippen molar-refractivity contribution in [3.63, 3.8) is 0 Å². The van der Waals surface area contributed by atoms with Crippen LogP contribution in [0.15, 0.2) is 24.3 Å². The van der Waals surface area contributed by atoms with Gasteiger partial charge in [0.1, 0.15) is 0 Å². The molecule has 1 atom stereocenters. The lowest BCUT2D eigenvalue weighted by molar-refractivity contribution is -0.136. The van der Waals surface area contributed by atoms with Crippen molar-refractivity contribution in [1.82, 2.24) is 9.80 Å². The van der Waals surface area contributed by atoms with Crippen LogP contribution in [0.4, 0.5) is 0 Å². The van der Waals surface area contributed by atoms with Crippen LogP contribution in [0.5, 0.6) is 0 Å². The summed E-state index contributed by atoms with van der Waals surface area (Å²) in [4.78, 5) is 27.7. The maximum absolute atomic E-state index is 12.4. The summed E-state index contributed by atoms with van der Waals surface area (Å²) in [6.07, 6.45) is 3.21. The number of benzene rings is 1. The molecule has 2 heterocycles. The second kappa shape index (κ2) is 7.13. The van der Waals surface area contributed by atoms with Crippen molar-refractivity contribution in [2.75, 3.05) is 19.6 Å². The highest BCUT2D eigenvalue weighted by atomic mass is 16.3. The van der Waals surface area contributed by atoms with E-state index in [0.29, 0.717) is 38.9 Å². The fourth-order valence-electron chi connectivity index (χ4n) is 3.45. The molecule has 1 fully saturated rings. The van der Waals surface area contributed by atoms with Crippen LogP contribution in [0.1, 0.15) is 49.3 Å². The Morgan fingerprint density at radius 1 is 1.26 bits per heavy atom. The minimum atomic E-state index is -0.604. The Balaban J connectivity index is 1.50. The number of aliphatic hydroxyl groups is 1. The molecule has 5 heteroatoms. The van der Waals surface area contributed by atoms with E-state index in [4.69, 9.17) is 0 Å².